The van der Waals surface area contributed by atoms with E-state index in [1.54, 1.807) is 0 Å². The summed E-state index contributed by atoms with van der Waals surface area (Å²) in [6, 6.07) is 6.50. The zero-order valence-electron chi connectivity index (χ0n) is 9.91. The number of rotatable bonds is 2. The Hall–Kier alpha value is -2.54. The lowest BCUT2D eigenvalue weighted by molar-refractivity contribution is 0.0695. The van der Waals surface area contributed by atoms with Gasteiger partial charge in [0.25, 0.3) is 5.56 Å². The maximum absolute atomic E-state index is 13.0. The number of benzene rings is 1. The van der Waals surface area contributed by atoms with Crippen LogP contribution >= 0.6 is 11.3 Å². The third-order valence-electron chi connectivity index (χ3n) is 2.81. The quantitative estimate of drug-likeness (QED) is 0.786. The number of fused-ring (bicyclic) bond motifs is 1. The Labute approximate surface area is 115 Å². The molecule has 0 aliphatic heterocycles. The van der Waals surface area contributed by atoms with E-state index in [1.165, 1.54) is 51.7 Å². The van der Waals surface area contributed by atoms with Gasteiger partial charge in [-0.15, -0.1) is 11.3 Å². The maximum atomic E-state index is 13.0. The highest BCUT2D eigenvalue weighted by Crippen LogP contribution is 2.21. The molecule has 1 N–H and O–H groups in total. The van der Waals surface area contributed by atoms with E-state index in [-0.39, 0.29) is 5.56 Å². The van der Waals surface area contributed by atoms with Crippen molar-refractivity contribution in [1.82, 2.24) is 9.55 Å². The first-order valence-electron chi connectivity index (χ1n) is 5.56. The molecule has 2 aromatic heterocycles. The zero-order chi connectivity index (χ0) is 14.3. The van der Waals surface area contributed by atoms with Crippen molar-refractivity contribution in [3.63, 3.8) is 0 Å². The SMILES string of the molecule is O=C(O)c1cc2ncsc2n(-c2ccc(F)cc2)c1=O. The summed E-state index contributed by atoms with van der Waals surface area (Å²) < 4.78 is 14.2. The second kappa shape index (κ2) is 4.53. The number of hydrogen-bond donors (Lipinski definition) is 1. The average Bonchev–Trinajstić information content (AvgIpc) is 2.87. The first-order valence-corrected chi connectivity index (χ1v) is 6.44. The van der Waals surface area contributed by atoms with Gasteiger partial charge in [0.2, 0.25) is 0 Å². The number of thiazole rings is 1. The Balaban J connectivity index is 2.41. The first kappa shape index (κ1) is 12.5. The molecule has 0 aliphatic carbocycles. The van der Waals surface area contributed by atoms with Crippen molar-refractivity contribution in [3.05, 3.63) is 57.6 Å². The lowest BCUT2D eigenvalue weighted by Gasteiger charge is -2.08. The Morgan fingerprint density at radius 1 is 1.30 bits per heavy atom. The van der Waals surface area contributed by atoms with Crippen molar-refractivity contribution in [2.45, 2.75) is 0 Å². The largest absolute Gasteiger partial charge is 0.477 e. The van der Waals surface area contributed by atoms with Crippen molar-refractivity contribution in [1.29, 1.82) is 0 Å². The van der Waals surface area contributed by atoms with Gasteiger partial charge in [0.1, 0.15) is 16.2 Å². The number of carboxylic acid groups (broad SMARTS) is 1. The van der Waals surface area contributed by atoms with Gasteiger partial charge in [-0.1, -0.05) is 0 Å². The first-order chi connectivity index (χ1) is 9.58. The Morgan fingerprint density at radius 3 is 2.65 bits per heavy atom. The van der Waals surface area contributed by atoms with Gasteiger partial charge in [-0.05, 0) is 30.3 Å². The minimum absolute atomic E-state index is 0.368. The topological polar surface area (TPSA) is 72.2 Å². The fraction of sp³-hybridized carbons (Fsp3) is 0. The van der Waals surface area contributed by atoms with E-state index in [0.29, 0.717) is 16.0 Å². The van der Waals surface area contributed by atoms with Crippen molar-refractivity contribution >= 4 is 27.7 Å². The van der Waals surface area contributed by atoms with Gasteiger partial charge < -0.3 is 5.11 Å². The predicted octanol–water partition coefficient (Wildman–Crippen LogP) is 2.28. The molecule has 5 nitrogen and oxygen atoms in total. The second-order valence-corrected chi connectivity index (χ2v) is 4.86. The van der Waals surface area contributed by atoms with E-state index in [1.807, 2.05) is 0 Å². The minimum atomic E-state index is -1.32. The van der Waals surface area contributed by atoms with E-state index < -0.39 is 17.3 Å². The fourth-order valence-electron chi connectivity index (χ4n) is 1.90. The van der Waals surface area contributed by atoms with Crippen LogP contribution in [0.3, 0.4) is 0 Å². The predicted molar refractivity (Wildman–Crippen MR) is 72.1 cm³/mol. The normalized spacial score (nSPS) is 10.8. The van der Waals surface area contributed by atoms with Crippen LogP contribution in [0.15, 0.2) is 40.6 Å². The highest BCUT2D eigenvalue weighted by atomic mass is 32.1. The van der Waals surface area contributed by atoms with Gasteiger partial charge >= 0.3 is 5.97 Å². The summed E-state index contributed by atoms with van der Waals surface area (Å²) in [5.41, 5.74) is 1.30. The standard InChI is InChI=1S/C13H7FN2O3S/c14-7-1-3-8(4-2-7)16-11(17)9(13(18)19)5-10-12(16)20-6-15-10/h1-6H,(H,18,19). The number of aromatic nitrogens is 2. The molecule has 0 bridgehead atoms. The van der Waals surface area contributed by atoms with Crippen molar-refractivity contribution in [3.8, 4) is 5.69 Å². The molecule has 0 amide bonds. The van der Waals surface area contributed by atoms with E-state index in [9.17, 15) is 14.0 Å². The summed E-state index contributed by atoms with van der Waals surface area (Å²) in [6.07, 6.45) is 0. The molecule has 7 heteroatoms. The molecule has 0 radical (unpaired) electrons. The molecule has 2 heterocycles. The molecule has 0 fully saturated rings. The number of hydrogen-bond acceptors (Lipinski definition) is 4. The molecule has 20 heavy (non-hydrogen) atoms. The maximum Gasteiger partial charge on any atom is 0.341 e. The van der Waals surface area contributed by atoms with Crippen molar-refractivity contribution < 1.29 is 14.3 Å². The third kappa shape index (κ3) is 1.88. The average molecular weight is 290 g/mol. The third-order valence-corrected chi connectivity index (χ3v) is 3.63. The number of carbonyl (C=O) groups is 1. The van der Waals surface area contributed by atoms with Gasteiger partial charge in [0.05, 0.1) is 16.7 Å². The number of aromatic carboxylic acids is 1. The number of nitrogens with zero attached hydrogens (tertiary/aromatic N) is 2. The van der Waals surface area contributed by atoms with Gasteiger partial charge in [-0.2, -0.15) is 0 Å². The Morgan fingerprint density at radius 2 is 2.00 bits per heavy atom. The van der Waals surface area contributed by atoms with Crippen LogP contribution in [0.25, 0.3) is 16.0 Å². The van der Waals surface area contributed by atoms with E-state index in [4.69, 9.17) is 5.11 Å². The van der Waals surface area contributed by atoms with Gasteiger partial charge in [-0.25, -0.2) is 14.2 Å². The molecular weight excluding hydrogens is 283 g/mol. The number of carboxylic acids is 1. The van der Waals surface area contributed by atoms with Crippen molar-refractivity contribution in [2.75, 3.05) is 0 Å². The molecule has 3 aromatic rings. The summed E-state index contributed by atoms with van der Waals surface area (Å²) in [6.45, 7) is 0. The van der Waals surface area contributed by atoms with Crippen LogP contribution in [0.1, 0.15) is 10.4 Å². The molecule has 1 aromatic carbocycles. The summed E-state index contributed by atoms with van der Waals surface area (Å²) >= 11 is 1.21. The number of halogens is 1. The van der Waals surface area contributed by atoms with E-state index >= 15 is 0 Å². The van der Waals surface area contributed by atoms with Gasteiger partial charge in [0, 0.05) is 0 Å². The Kier molecular flexibility index (Phi) is 2.83. The van der Waals surface area contributed by atoms with Crippen LogP contribution in [-0.2, 0) is 0 Å². The highest BCUT2D eigenvalue weighted by molar-refractivity contribution is 7.16. The summed E-state index contributed by atoms with van der Waals surface area (Å²) in [5.74, 6) is -1.75. The molecule has 100 valence electrons. The monoisotopic (exact) mass is 290 g/mol. The van der Waals surface area contributed by atoms with Crippen molar-refractivity contribution in [2.24, 2.45) is 0 Å². The fourth-order valence-corrected chi connectivity index (χ4v) is 2.70. The molecular formula is C13H7FN2O3S. The van der Waals surface area contributed by atoms with Crippen LogP contribution in [0.4, 0.5) is 4.39 Å². The van der Waals surface area contributed by atoms with Crippen LogP contribution in [-0.4, -0.2) is 20.6 Å². The molecule has 0 spiro atoms. The van der Waals surface area contributed by atoms with E-state index in [2.05, 4.69) is 4.98 Å². The molecule has 0 unspecified atom stereocenters. The Bertz CT molecular complexity index is 867. The van der Waals surface area contributed by atoms with Gasteiger partial charge in [-0.3, -0.25) is 9.36 Å². The summed E-state index contributed by atoms with van der Waals surface area (Å²) in [4.78, 5) is 28.0. The minimum Gasteiger partial charge on any atom is -0.477 e. The van der Waals surface area contributed by atoms with Crippen LogP contribution in [0.5, 0.6) is 0 Å². The number of pyridine rings is 1. The lowest BCUT2D eigenvalue weighted by atomic mass is 10.2. The zero-order valence-corrected chi connectivity index (χ0v) is 10.7. The van der Waals surface area contributed by atoms with E-state index in [0.717, 1.165) is 0 Å². The summed E-state index contributed by atoms with van der Waals surface area (Å²) in [7, 11) is 0. The summed E-state index contributed by atoms with van der Waals surface area (Å²) in [5, 5.41) is 9.08. The molecule has 0 aliphatic rings. The lowest BCUT2D eigenvalue weighted by Crippen LogP contribution is -2.25. The van der Waals surface area contributed by atoms with Crippen LogP contribution in [0, 0.1) is 5.82 Å². The van der Waals surface area contributed by atoms with Crippen LogP contribution in [0.2, 0.25) is 0 Å². The molecule has 3 rings (SSSR count). The van der Waals surface area contributed by atoms with Gasteiger partial charge in [0.15, 0.2) is 0 Å². The highest BCUT2D eigenvalue weighted by Gasteiger charge is 2.17. The molecule has 0 saturated heterocycles. The molecule has 0 saturated carbocycles. The second-order valence-electron chi connectivity index (χ2n) is 4.02. The van der Waals surface area contributed by atoms with Crippen LogP contribution < -0.4 is 5.56 Å². The molecule has 0 atom stereocenters. The smallest absolute Gasteiger partial charge is 0.341 e.